The number of anilines is 1. The third-order valence-corrected chi connectivity index (χ3v) is 6.48. The summed E-state index contributed by atoms with van der Waals surface area (Å²) in [4.78, 5) is 29.3. The van der Waals surface area contributed by atoms with Crippen molar-refractivity contribution in [2.75, 3.05) is 5.32 Å². The number of nitrogens with one attached hydrogen (secondary N) is 1. The van der Waals surface area contributed by atoms with Crippen LogP contribution in [0.1, 0.15) is 23.9 Å². The van der Waals surface area contributed by atoms with E-state index in [0.29, 0.717) is 22.5 Å². The minimum atomic E-state index is -0.551. The Bertz CT molecular complexity index is 1780. The van der Waals surface area contributed by atoms with Crippen LogP contribution < -0.4 is 10.1 Å². The first-order valence-corrected chi connectivity index (χ1v) is 12.3. The maximum atomic E-state index is 15.4. The fourth-order valence-electron chi connectivity index (χ4n) is 4.55. The molecule has 39 heavy (non-hydrogen) atoms. The van der Waals surface area contributed by atoms with Crippen molar-refractivity contribution in [1.29, 1.82) is 0 Å². The normalized spacial score (nSPS) is 11.0. The van der Waals surface area contributed by atoms with E-state index in [1.807, 2.05) is 50.6 Å². The standard InChI is InChI=1S/C30H27FN6O2/c1-16(2)29(38)36-21-8-9-22(17(3)13-21)27-26(25-19(5)33-15-34-28(25)37(27)6)20-7-10-24(23(31)14-20)39-30-32-12-11-18(4)35-30/h7-15H,1H2,2-6H3,(H,36,38). The molecule has 1 amide bonds. The monoisotopic (exact) mass is 522 g/mol. The van der Waals surface area contributed by atoms with Gasteiger partial charge >= 0.3 is 6.01 Å². The molecular weight excluding hydrogens is 495 g/mol. The van der Waals surface area contributed by atoms with Crippen LogP contribution in [0.2, 0.25) is 0 Å². The van der Waals surface area contributed by atoms with Gasteiger partial charge in [0.25, 0.3) is 5.91 Å². The van der Waals surface area contributed by atoms with Gasteiger partial charge in [0.05, 0.1) is 11.4 Å². The van der Waals surface area contributed by atoms with Gasteiger partial charge in [0.2, 0.25) is 0 Å². The van der Waals surface area contributed by atoms with E-state index in [0.717, 1.165) is 39.1 Å². The third-order valence-electron chi connectivity index (χ3n) is 6.48. The van der Waals surface area contributed by atoms with Crippen molar-refractivity contribution >= 4 is 22.6 Å². The Morgan fingerprint density at radius 1 is 1.05 bits per heavy atom. The van der Waals surface area contributed by atoms with Gasteiger partial charge in [-0.25, -0.2) is 24.3 Å². The molecule has 3 heterocycles. The number of aryl methyl sites for hydroxylation is 4. The molecule has 0 bridgehead atoms. The van der Waals surface area contributed by atoms with Crippen molar-refractivity contribution in [2.24, 2.45) is 7.05 Å². The van der Waals surface area contributed by atoms with Crippen LogP contribution in [0.15, 0.2) is 67.1 Å². The number of hydrogen-bond acceptors (Lipinski definition) is 6. The van der Waals surface area contributed by atoms with Gasteiger partial charge in [-0.3, -0.25) is 4.79 Å². The molecule has 0 aliphatic heterocycles. The molecular formula is C30H27FN6O2. The predicted octanol–water partition coefficient (Wildman–Crippen LogP) is 6.46. The number of amides is 1. The minimum Gasteiger partial charge on any atom is -0.421 e. The summed E-state index contributed by atoms with van der Waals surface area (Å²) in [5.41, 5.74) is 7.40. The zero-order valence-corrected chi connectivity index (χ0v) is 22.3. The second kappa shape index (κ2) is 10.1. The maximum absolute atomic E-state index is 15.4. The van der Waals surface area contributed by atoms with E-state index in [1.165, 1.54) is 12.4 Å². The molecule has 0 saturated heterocycles. The molecule has 0 radical (unpaired) electrons. The molecule has 8 nitrogen and oxygen atoms in total. The number of aromatic nitrogens is 5. The van der Waals surface area contributed by atoms with Crippen LogP contribution in [-0.4, -0.2) is 30.4 Å². The summed E-state index contributed by atoms with van der Waals surface area (Å²) in [5, 5.41) is 3.68. The lowest BCUT2D eigenvalue weighted by atomic mass is 9.95. The highest BCUT2D eigenvalue weighted by molar-refractivity contribution is 6.05. The van der Waals surface area contributed by atoms with E-state index in [1.54, 1.807) is 31.3 Å². The Labute approximate surface area is 225 Å². The minimum absolute atomic E-state index is 0.0212. The number of benzene rings is 2. The average molecular weight is 523 g/mol. The molecule has 5 rings (SSSR count). The Hall–Kier alpha value is -4.92. The second-order valence-electron chi connectivity index (χ2n) is 9.43. The molecule has 0 aliphatic rings. The van der Waals surface area contributed by atoms with Crippen LogP contribution in [0.4, 0.5) is 10.1 Å². The van der Waals surface area contributed by atoms with Crippen LogP contribution in [0.5, 0.6) is 11.8 Å². The van der Waals surface area contributed by atoms with Gasteiger partial charge in [-0.15, -0.1) is 0 Å². The summed E-state index contributed by atoms with van der Waals surface area (Å²) >= 11 is 0. The van der Waals surface area contributed by atoms with Gasteiger partial charge in [0.15, 0.2) is 11.6 Å². The number of ether oxygens (including phenoxy) is 1. The summed E-state index contributed by atoms with van der Waals surface area (Å²) in [7, 11) is 1.92. The van der Waals surface area contributed by atoms with E-state index >= 15 is 4.39 Å². The number of carbonyl (C=O) groups excluding carboxylic acids is 1. The number of hydrogen-bond donors (Lipinski definition) is 1. The van der Waals surface area contributed by atoms with Gasteiger partial charge < -0.3 is 14.6 Å². The quantitative estimate of drug-likeness (QED) is 0.257. The molecule has 0 atom stereocenters. The van der Waals surface area contributed by atoms with E-state index in [2.05, 4.69) is 31.8 Å². The van der Waals surface area contributed by atoms with Gasteiger partial charge in [0.1, 0.15) is 12.0 Å². The van der Waals surface area contributed by atoms with E-state index in [-0.39, 0.29) is 17.7 Å². The number of nitrogens with zero attached hydrogens (tertiary/aromatic N) is 5. The number of rotatable bonds is 6. The SMILES string of the molecule is C=C(C)C(=O)Nc1ccc(-c2c(-c3ccc(Oc4nccc(C)n4)c(F)c3)c3c(C)ncnc3n2C)c(C)c1. The molecule has 0 aliphatic carbocycles. The number of halogens is 1. The Balaban J connectivity index is 1.65. The number of carbonyl (C=O) groups is 1. The Morgan fingerprint density at radius 3 is 2.54 bits per heavy atom. The summed E-state index contributed by atoms with van der Waals surface area (Å²) in [5.74, 6) is -0.773. The van der Waals surface area contributed by atoms with Crippen molar-refractivity contribution in [3.63, 3.8) is 0 Å². The molecule has 3 aromatic heterocycles. The van der Waals surface area contributed by atoms with Crippen LogP contribution in [0.25, 0.3) is 33.4 Å². The second-order valence-corrected chi connectivity index (χ2v) is 9.43. The van der Waals surface area contributed by atoms with Crippen LogP contribution >= 0.6 is 0 Å². The van der Waals surface area contributed by atoms with Crippen LogP contribution in [0.3, 0.4) is 0 Å². The van der Waals surface area contributed by atoms with Crippen molar-refractivity contribution in [2.45, 2.75) is 27.7 Å². The molecule has 196 valence electrons. The van der Waals surface area contributed by atoms with Gasteiger partial charge in [-0.05, 0) is 69.2 Å². The Kier molecular flexibility index (Phi) is 6.66. The lowest BCUT2D eigenvalue weighted by Gasteiger charge is -2.14. The van der Waals surface area contributed by atoms with Crippen molar-refractivity contribution in [3.05, 3.63) is 89.9 Å². The van der Waals surface area contributed by atoms with Crippen molar-refractivity contribution in [1.82, 2.24) is 24.5 Å². The highest BCUT2D eigenvalue weighted by atomic mass is 19.1. The average Bonchev–Trinajstić information content (AvgIpc) is 3.18. The molecule has 2 aromatic carbocycles. The molecule has 1 N–H and O–H groups in total. The largest absolute Gasteiger partial charge is 0.421 e. The highest BCUT2D eigenvalue weighted by Crippen LogP contribution is 2.43. The maximum Gasteiger partial charge on any atom is 0.322 e. The zero-order valence-electron chi connectivity index (χ0n) is 22.3. The fraction of sp³-hybridized carbons (Fsp3) is 0.167. The first-order valence-electron chi connectivity index (χ1n) is 12.3. The molecule has 0 saturated carbocycles. The number of fused-ring (bicyclic) bond motifs is 1. The van der Waals surface area contributed by atoms with Crippen LogP contribution in [-0.2, 0) is 11.8 Å². The lowest BCUT2D eigenvalue weighted by molar-refractivity contribution is -0.112. The van der Waals surface area contributed by atoms with Gasteiger partial charge in [0, 0.05) is 46.7 Å². The summed E-state index contributed by atoms with van der Waals surface area (Å²) in [6.07, 6.45) is 3.08. The first-order chi connectivity index (χ1) is 18.6. The predicted molar refractivity (Wildman–Crippen MR) is 149 cm³/mol. The van der Waals surface area contributed by atoms with Crippen LogP contribution in [0, 0.1) is 26.6 Å². The van der Waals surface area contributed by atoms with Crippen molar-refractivity contribution in [3.8, 4) is 34.1 Å². The zero-order chi connectivity index (χ0) is 27.8. The molecule has 9 heteroatoms. The summed E-state index contributed by atoms with van der Waals surface area (Å²) in [6, 6.07) is 12.3. The third kappa shape index (κ3) is 4.86. The van der Waals surface area contributed by atoms with Crippen molar-refractivity contribution < 1.29 is 13.9 Å². The lowest BCUT2D eigenvalue weighted by Crippen LogP contribution is -2.11. The summed E-state index contributed by atoms with van der Waals surface area (Å²) in [6.45, 7) is 11.0. The first kappa shape index (κ1) is 25.7. The summed E-state index contributed by atoms with van der Waals surface area (Å²) < 4.78 is 23.0. The van der Waals surface area contributed by atoms with Gasteiger partial charge in [-0.2, -0.15) is 0 Å². The molecule has 0 unspecified atom stereocenters. The van der Waals surface area contributed by atoms with E-state index in [4.69, 9.17) is 4.74 Å². The molecule has 5 aromatic rings. The van der Waals surface area contributed by atoms with Gasteiger partial charge in [-0.1, -0.05) is 18.7 Å². The molecule has 0 fully saturated rings. The topological polar surface area (TPSA) is 94.8 Å². The molecule has 0 spiro atoms. The van der Waals surface area contributed by atoms with E-state index in [9.17, 15) is 4.79 Å². The fourth-order valence-corrected chi connectivity index (χ4v) is 4.55. The highest BCUT2D eigenvalue weighted by Gasteiger charge is 2.23. The Morgan fingerprint density at radius 2 is 1.85 bits per heavy atom. The smallest absolute Gasteiger partial charge is 0.322 e. The van der Waals surface area contributed by atoms with E-state index < -0.39 is 5.82 Å².